The van der Waals surface area contributed by atoms with Crippen molar-refractivity contribution < 1.29 is 0 Å². The number of hydrogen-bond acceptors (Lipinski definition) is 4. The van der Waals surface area contributed by atoms with E-state index in [-0.39, 0.29) is 0 Å². The van der Waals surface area contributed by atoms with Gasteiger partial charge in [-0.2, -0.15) is 0 Å². The first kappa shape index (κ1) is 9.78. The topological polar surface area (TPSA) is 37.8 Å². The van der Waals surface area contributed by atoms with Crippen molar-refractivity contribution in [3.63, 3.8) is 0 Å². The third-order valence-corrected chi connectivity index (χ3v) is 3.78. The van der Waals surface area contributed by atoms with Gasteiger partial charge in [0.05, 0.1) is 4.88 Å². The second kappa shape index (κ2) is 3.87. The molecule has 0 amide bonds. The van der Waals surface area contributed by atoms with Crippen molar-refractivity contribution in [2.75, 3.05) is 12.4 Å². The van der Waals surface area contributed by atoms with E-state index in [0.29, 0.717) is 0 Å². The molecule has 82 valence electrons. The number of nitrogens with zero attached hydrogens (tertiary/aromatic N) is 2. The van der Waals surface area contributed by atoms with Crippen molar-refractivity contribution in [1.29, 1.82) is 0 Å². The molecule has 3 rings (SSSR count). The summed E-state index contributed by atoms with van der Waals surface area (Å²) in [5.41, 5.74) is 2.53. The smallest absolute Gasteiger partial charge is 0.171 e. The third-order valence-electron chi connectivity index (χ3n) is 2.91. The van der Waals surface area contributed by atoms with Gasteiger partial charge in [0.15, 0.2) is 5.82 Å². The van der Waals surface area contributed by atoms with Crippen LogP contribution in [0.25, 0.3) is 10.7 Å². The molecule has 2 aromatic heterocycles. The van der Waals surface area contributed by atoms with E-state index in [1.165, 1.54) is 17.7 Å². The highest BCUT2D eigenvalue weighted by atomic mass is 32.1. The summed E-state index contributed by atoms with van der Waals surface area (Å²) in [6.07, 6.45) is 3.40. The lowest BCUT2D eigenvalue weighted by molar-refractivity contribution is 0.900. The molecule has 0 aliphatic heterocycles. The number of aryl methyl sites for hydroxylation is 1. The van der Waals surface area contributed by atoms with Gasteiger partial charge in [0.1, 0.15) is 5.82 Å². The summed E-state index contributed by atoms with van der Waals surface area (Å²) in [6, 6.07) is 4.11. The van der Waals surface area contributed by atoms with Crippen LogP contribution in [0.1, 0.15) is 17.7 Å². The molecular weight excluding hydrogens is 218 g/mol. The van der Waals surface area contributed by atoms with Gasteiger partial charge in [-0.1, -0.05) is 6.07 Å². The Labute approximate surface area is 98.6 Å². The predicted molar refractivity (Wildman–Crippen MR) is 66.9 cm³/mol. The number of thiophene rings is 1. The van der Waals surface area contributed by atoms with E-state index in [9.17, 15) is 0 Å². The molecule has 3 nitrogen and oxygen atoms in total. The van der Waals surface area contributed by atoms with Gasteiger partial charge in [-0.05, 0) is 30.7 Å². The van der Waals surface area contributed by atoms with Crippen LogP contribution in [0.4, 0.5) is 5.82 Å². The minimum Gasteiger partial charge on any atom is -0.373 e. The maximum atomic E-state index is 4.66. The zero-order valence-electron chi connectivity index (χ0n) is 9.16. The van der Waals surface area contributed by atoms with Crippen LogP contribution in [0, 0.1) is 0 Å². The first-order valence-corrected chi connectivity index (χ1v) is 6.38. The molecule has 0 fully saturated rings. The van der Waals surface area contributed by atoms with E-state index in [1.54, 1.807) is 11.3 Å². The Morgan fingerprint density at radius 2 is 2.25 bits per heavy atom. The molecule has 0 spiro atoms. The zero-order chi connectivity index (χ0) is 11.0. The molecule has 0 saturated heterocycles. The number of anilines is 1. The van der Waals surface area contributed by atoms with Gasteiger partial charge in [0.2, 0.25) is 0 Å². The van der Waals surface area contributed by atoms with Crippen molar-refractivity contribution in [2.24, 2.45) is 0 Å². The molecule has 2 aromatic rings. The molecule has 1 N–H and O–H groups in total. The lowest BCUT2D eigenvalue weighted by Crippen LogP contribution is -2.02. The molecule has 0 atom stereocenters. The zero-order valence-corrected chi connectivity index (χ0v) is 9.97. The molecule has 1 aliphatic rings. The van der Waals surface area contributed by atoms with Crippen molar-refractivity contribution in [1.82, 2.24) is 9.97 Å². The summed E-state index contributed by atoms with van der Waals surface area (Å²) < 4.78 is 0. The van der Waals surface area contributed by atoms with Crippen LogP contribution in [-0.4, -0.2) is 17.0 Å². The maximum absolute atomic E-state index is 4.66. The summed E-state index contributed by atoms with van der Waals surface area (Å²) in [5.74, 6) is 1.87. The third kappa shape index (κ3) is 1.50. The molecule has 0 bridgehead atoms. The molecule has 0 aromatic carbocycles. The largest absolute Gasteiger partial charge is 0.373 e. The molecule has 0 radical (unpaired) electrons. The van der Waals surface area contributed by atoms with Crippen LogP contribution in [0.3, 0.4) is 0 Å². The number of nitrogens with one attached hydrogen (secondary N) is 1. The summed E-state index contributed by atoms with van der Waals surface area (Å²) >= 11 is 1.69. The Bertz CT molecular complexity index is 505. The van der Waals surface area contributed by atoms with E-state index < -0.39 is 0 Å². The predicted octanol–water partition coefficient (Wildman–Crippen LogP) is 2.74. The summed E-state index contributed by atoms with van der Waals surface area (Å²) in [7, 11) is 1.93. The first-order chi connectivity index (χ1) is 7.88. The van der Waals surface area contributed by atoms with Crippen molar-refractivity contribution in [2.45, 2.75) is 19.3 Å². The van der Waals surface area contributed by atoms with Crippen molar-refractivity contribution in [3.8, 4) is 10.7 Å². The van der Waals surface area contributed by atoms with Gasteiger partial charge < -0.3 is 5.32 Å². The Kier molecular flexibility index (Phi) is 2.36. The molecule has 16 heavy (non-hydrogen) atoms. The molecule has 0 unspecified atom stereocenters. The van der Waals surface area contributed by atoms with E-state index in [1.807, 2.05) is 13.1 Å². The normalized spacial score (nSPS) is 13.8. The van der Waals surface area contributed by atoms with Crippen LogP contribution < -0.4 is 5.32 Å². The van der Waals surface area contributed by atoms with E-state index in [4.69, 9.17) is 0 Å². The number of hydrogen-bond donors (Lipinski definition) is 1. The van der Waals surface area contributed by atoms with Crippen LogP contribution in [0.2, 0.25) is 0 Å². The summed E-state index contributed by atoms with van der Waals surface area (Å²) in [4.78, 5) is 10.4. The Morgan fingerprint density at radius 1 is 1.31 bits per heavy atom. The van der Waals surface area contributed by atoms with Gasteiger partial charge in [0.25, 0.3) is 0 Å². The fraction of sp³-hybridized carbons (Fsp3) is 0.333. The molecule has 4 heteroatoms. The van der Waals surface area contributed by atoms with Crippen LogP contribution in [0.15, 0.2) is 17.5 Å². The van der Waals surface area contributed by atoms with E-state index >= 15 is 0 Å². The van der Waals surface area contributed by atoms with Gasteiger partial charge in [-0.3, -0.25) is 0 Å². The monoisotopic (exact) mass is 231 g/mol. The minimum atomic E-state index is 0.861. The second-order valence-corrected chi connectivity index (χ2v) is 4.85. The highest BCUT2D eigenvalue weighted by molar-refractivity contribution is 7.13. The van der Waals surface area contributed by atoms with Crippen LogP contribution >= 0.6 is 11.3 Å². The van der Waals surface area contributed by atoms with E-state index in [2.05, 4.69) is 26.7 Å². The lowest BCUT2D eigenvalue weighted by Gasteiger charge is -2.08. The number of aromatic nitrogens is 2. The lowest BCUT2D eigenvalue weighted by atomic mass is 10.2. The molecular formula is C12H13N3S. The number of rotatable bonds is 2. The Hall–Kier alpha value is -1.42. The quantitative estimate of drug-likeness (QED) is 0.863. The Morgan fingerprint density at radius 3 is 3.00 bits per heavy atom. The van der Waals surface area contributed by atoms with Crippen molar-refractivity contribution >= 4 is 17.2 Å². The van der Waals surface area contributed by atoms with Gasteiger partial charge in [-0.25, -0.2) is 9.97 Å². The summed E-state index contributed by atoms with van der Waals surface area (Å²) in [5, 5.41) is 5.24. The van der Waals surface area contributed by atoms with E-state index in [0.717, 1.165) is 29.4 Å². The fourth-order valence-corrected chi connectivity index (χ4v) is 2.81. The SMILES string of the molecule is CNc1nc(-c2cccs2)nc2c1CCC2. The number of fused-ring (bicyclic) bond motifs is 1. The highest BCUT2D eigenvalue weighted by Crippen LogP contribution is 2.30. The molecule has 2 heterocycles. The van der Waals surface area contributed by atoms with Gasteiger partial charge >= 0.3 is 0 Å². The first-order valence-electron chi connectivity index (χ1n) is 5.50. The minimum absolute atomic E-state index is 0.861. The summed E-state index contributed by atoms with van der Waals surface area (Å²) in [6.45, 7) is 0. The van der Waals surface area contributed by atoms with Crippen LogP contribution in [0.5, 0.6) is 0 Å². The van der Waals surface area contributed by atoms with Crippen molar-refractivity contribution in [3.05, 3.63) is 28.8 Å². The molecule has 0 saturated carbocycles. The molecule has 1 aliphatic carbocycles. The van der Waals surface area contributed by atoms with Gasteiger partial charge in [0, 0.05) is 18.3 Å². The average Bonchev–Trinajstić information content (AvgIpc) is 2.97. The fourth-order valence-electron chi connectivity index (χ4n) is 2.16. The maximum Gasteiger partial charge on any atom is 0.171 e. The average molecular weight is 231 g/mol. The standard InChI is InChI=1S/C12H13N3S/c1-13-11-8-4-2-5-9(8)14-12(15-11)10-6-3-7-16-10/h3,6-7H,2,4-5H2,1H3,(H,13,14,15). The van der Waals surface area contributed by atoms with Crippen LogP contribution in [-0.2, 0) is 12.8 Å². The Balaban J connectivity index is 2.15. The highest BCUT2D eigenvalue weighted by Gasteiger charge is 2.19. The second-order valence-electron chi connectivity index (χ2n) is 3.90. The van der Waals surface area contributed by atoms with Gasteiger partial charge in [-0.15, -0.1) is 11.3 Å².